The molecule has 0 bridgehead atoms. The second kappa shape index (κ2) is 11.4. The highest BCUT2D eigenvalue weighted by molar-refractivity contribution is 8.00. The molecule has 2 aromatic heterocycles. The van der Waals surface area contributed by atoms with E-state index in [4.69, 9.17) is 9.47 Å². The van der Waals surface area contributed by atoms with Crippen molar-refractivity contribution >= 4 is 52.4 Å². The molecular weight excluding hydrogens is 440 g/mol. The molecule has 1 aliphatic rings. The van der Waals surface area contributed by atoms with E-state index in [-0.39, 0.29) is 23.4 Å². The van der Waals surface area contributed by atoms with Gasteiger partial charge in [-0.15, -0.1) is 0 Å². The van der Waals surface area contributed by atoms with E-state index < -0.39 is 0 Å². The van der Waals surface area contributed by atoms with Crippen LogP contribution in [0.4, 0.5) is 5.95 Å². The molecule has 0 saturated carbocycles. The van der Waals surface area contributed by atoms with E-state index in [1.165, 1.54) is 23.5 Å². The predicted octanol–water partition coefficient (Wildman–Crippen LogP) is 1.48. The van der Waals surface area contributed by atoms with Crippen LogP contribution in [-0.2, 0) is 19.1 Å². The average Bonchev–Trinajstić information content (AvgIpc) is 2.76. The predicted molar refractivity (Wildman–Crippen MR) is 120 cm³/mol. The number of piperazine rings is 1. The highest BCUT2D eigenvalue weighted by Gasteiger charge is 2.19. The van der Waals surface area contributed by atoms with Crippen LogP contribution in [0.25, 0.3) is 11.0 Å². The summed E-state index contributed by atoms with van der Waals surface area (Å²) in [7, 11) is 2.09. The number of carbonyl (C=O) groups is 2. The van der Waals surface area contributed by atoms with E-state index >= 15 is 0 Å². The van der Waals surface area contributed by atoms with Crippen LogP contribution < -0.4 is 4.90 Å². The molecule has 1 saturated heterocycles. The lowest BCUT2D eigenvalue weighted by Gasteiger charge is -2.32. The number of likely N-dealkylation sites (N-methyl/N-ethyl adjacent to an activating group) is 1. The molecule has 12 heteroatoms. The second-order valence-corrected chi connectivity index (χ2v) is 8.60. The number of ether oxygens (including phenoxy) is 2. The summed E-state index contributed by atoms with van der Waals surface area (Å²) < 4.78 is 9.98. The lowest BCUT2D eigenvalue weighted by molar-refractivity contribution is -0.140. The van der Waals surface area contributed by atoms with Crippen LogP contribution in [-0.4, -0.2) is 94.7 Å². The fourth-order valence-electron chi connectivity index (χ4n) is 2.85. The Morgan fingerprint density at radius 1 is 0.968 bits per heavy atom. The van der Waals surface area contributed by atoms with Crippen LogP contribution >= 0.6 is 23.5 Å². The van der Waals surface area contributed by atoms with Gasteiger partial charge in [-0.25, -0.2) is 15.0 Å². The minimum Gasteiger partial charge on any atom is -0.465 e. The number of carbonyl (C=O) groups excluding carboxylic acids is 2. The van der Waals surface area contributed by atoms with Gasteiger partial charge >= 0.3 is 11.9 Å². The first-order chi connectivity index (χ1) is 15.0. The number of aromatic nitrogens is 4. The lowest BCUT2D eigenvalue weighted by Crippen LogP contribution is -2.45. The van der Waals surface area contributed by atoms with Crippen molar-refractivity contribution in [3.8, 4) is 0 Å². The Bertz CT molecular complexity index is 924. The number of esters is 2. The molecule has 0 aromatic carbocycles. The van der Waals surface area contributed by atoms with Crippen molar-refractivity contribution in [3.63, 3.8) is 0 Å². The van der Waals surface area contributed by atoms with Gasteiger partial charge in [0.05, 0.1) is 30.1 Å². The van der Waals surface area contributed by atoms with Gasteiger partial charge in [-0.3, -0.25) is 9.59 Å². The van der Waals surface area contributed by atoms with Crippen LogP contribution in [0.5, 0.6) is 0 Å². The first-order valence-corrected chi connectivity index (χ1v) is 12.0. The standard InChI is InChI=1S/C19H26N6O4S2/c1-4-28-14(26)11-30-17-13-10-20-18(25-8-6-24(3)7-9-25)21-16(13)22-19(23-17)31-12-15(27)29-5-2/h10H,4-9,11-12H2,1-3H3. The zero-order valence-corrected chi connectivity index (χ0v) is 19.5. The van der Waals surface area contributed by atoms with Gasteiger partial charge in [-0.1, -0.05) is 23.5 Å². The molecule has 3 heterocycles. The van der Waals surface area contributed by atoms with Crippen molar-refractivity contribution in [2.24, 2.45) is 0 Å². The Labute approximate surface area is 189 Å². The zero-order chi connectivity index (χ0) is 22.2. The molecule has 168 valence electrons. The van der Waals surface area contributed by atoms with E-state index in [0.29, 0.717) is 40.4 Å². The fourth-order valence-corrected chi connectivity index (χ4v) is 4.34. The maximum absolute atomic E-state index is 11.8. The van der Waals surface area contributed by atoms with Crippen LogP contribution in [0.15, 0.2) is 16.4 Å². The molecule has 0 atom stereocenters. The summed E-state index contributed by atoms with van der Waals surface area (Å²) in [6.45, 7) is 7.71. The van der Waals surface area contributed by atoms with Crippen molar-refractivity contribution in [2.75, 3.05) is 62.8 Å². The molecule has 10 nitrogen and oxygen atoms in total. The third-order valence-corrected chi connectivity index (χ3v) is 6.21. The molecule has 1 aliphatic heterocycles. The largest absolute Gasteiger partial charge is 0.465 e. The Hall–Kier alpha value is -2.18. The summed E-state index contributed by atoms with van der Waals surface area (Å²) in [5.41, 5.74) is 0.483. The lowest BCUT2D eigenvalue weighted by atomic mass is 10.3. The van der Waals surface area contributed by atoms with Gasteiger partial charge in [0.1, 0.15) is 5.03 Å². The normalized spacial score (nSPS) is 14.6. The van der Waals surface area contributed by atoms with Crippen LogP contribution in [0.1, 0.15) is 13.8 Å². The summed E-state index contributed by atoms with van der Waals surface area (Å²) in [6, 6.07) is 0. The van der Waals surface area contributed by atoms with E-state index in [0.717, 1.165) is 26.2 Å². The number of nitrogens with zero attached hydrogens (tertiary/aromatic N) is 6. The van der Waals surface area contributed by atoms with Gasteiger partial charge in [-0.05, 0) is 20.9 Å². The Kier molecular flexibility index (Phi) is 8.67. The van der Waals surface area contributed by atoms with Crippen LogP contribution in [0, 0.1) is 0 Å². The monoisotopic (exact) mass is 466 g/mol. The second-order valence-electron chi connectivity index (χ2n) is 6.70. The third-order valence-electron chi connectivity index (χ3n) is 4.43. The number of hydrogen-bond acceptors (Lipinski definition) is 12. The van der Waals surface area contributed by atoms with Gasteiger partial charge < -0.3 is 19.3 Å². The molecule has 0 radical (unpaired) electrons. The highest BCUT2D eigenvalue weighted by Crippen LogP contribution is 2.28. The average molecular weight is 467 g/mol. The summed E-state index contributed by atoms with van der Waals surface area (Å²) in [4.78, 5) is 46.2. The maximum Gasteiger partial charge on any atom is 0.316 e. The molecule has 2 aromatic rings. The molecule has 1 fully saturated rings. The highest BCUT2D eigenvalue weighted by atomic mass is 32.2. The number of hydrogen-bond donors (Lipinski definition) is 0. The summed E-state index contributed by atoms with van der Waals surface area (Å²) >= 11 is 2.42. The molecule has 0 unspecified atom stereocenters. The minimum absolute atomic E-state index is 0.0950. The number of rotatable bonds is 9. The van der Waals surface area contributed by atoms with E-state index in [9.17, 15) is 9.59 Å². The van der Waals surface area contributed by atoms with E-state index in [2.05, 4.69) is 36.8 Å². The van der Waals surface area contributed by atoms with Crippen molar-refractivity contribution in [2.45, 2.75) is 24.0 Å². The fraction of sp³-hybridized carbons (Fsp3) is 0.579. The van der Waals surface area contributed by atoms with Crippen molar-refractivity contribution in [3.05, 3.63) is 6.20 Å². The third kappa shape index (κ3) is 6.65. The Morgan fingerprint density at radius 2 is 1.61 bits per heavy atom. The van der Waals surface area contributed by atoms with Gasteiger partial charge in [0.15, 0.2) is 10.8 Å². The molecule has 0 amide bonds. The zero-order valence-electron chi connectivity index (χ0n) is 17.9. The molecular formula is C19H26N6O4S2. The number of anilines is 1. The van der Waals surface area contributed by atoms with Crippen molar-refractivity contribution in [1.82, 2.24) is 24.8 Å². The Morgan fingerprint density at radius 3 is 2.26 bits per heavy atom. The van der Waals surface area contributed by atoms with Gasteiger partial charge in [0.25, 0.3) is 0 Å². The van der Waals surface area contributed by atoms with Gasteiger partial charge in [0.2, 0.25) is 5.95 Å². The number of fused-ring (bicyclic) bond motifs is 1. The van der Waals surface area contributed by atoms with E-state index in [1.54, 1.807) is 20.0 Å². The summed E-state index contributed by atoms with van der Waals surface area (Å²) in [5.74, 6) is 0.162. The molecule has 0 spiro atoms. The summed E-state index contributed by atoms with van der Waals surface area (Å²) in [5, 5.41) is 1.64. The van der Waals surface area contributed by atoms with Gasteiger partial charge in [-0.2, -0.15) is 4.98 Å². The topological polar surface area (TPSA) is 111 Å². The summed E-state index contributed by atoms with van der Waals surface area (Å²) in [6.07, 6.45) is 1.70. The maximum atomic E-state index is 11.8. The smallest absolute Gasteiger partial charge is 0.316 e. The SMILES string of the molecule is CCOC(=O)CSc1nc(SCC(=O)OCC)c2cnc(N3CCN(C)CC3)nc2n1. The first kappa shape index (κ1) is 23.5. The van der Waals surface area contributed by atoms with Crippen LogP contribution in [0.3, 0.4) is 0 Å². The van der Waals surface area contributed by atoms with Crippen molar-refractivity contribution < 1.29 is 19.1 Å². The Balaban J connectivity index is 1.86. The van der Waals surface area contributed by atoms with Crippen molar-refractivity contribution in [1.29, 1.82) is 0 Å². The molecule has 3 rings (SSSR count). The molecule has 0 N–H and O–H groups in total. The van der Waals surface area contributed by atoms with Crippen LogP contribution in [0.2, 0.25) is 0 Å². The molecule has 0 aliphatic carbocycles. The molecule has 31 heavy (non-hydrogen) atoms. The minimum atomic E-state index is -0.335. The van der Waals surface area contributed by atoms with E-state index in [1.807, 2.05) is 0 Å². The van der Waals surface area contributed by atoms with Gasteiger partial charge in [0, 0.05) is 32.4 Å². The number of thioether (sulfide) groups is 2. The first-order valence-electron chi connectivity index (χ1n) is 10.0. The quantitative estimate of drug-likeness (QED) is 0.231.